The standard InChI is InChI=1S/C17H11Cl2F3N2O3/c18-9-2-1-6(3-10(9)19)23-12(25)5-8-7-4-11(20)13(21)14(22)15(7)24-16(8)17(26)27/h1-4,8,16,24H,5H2,(H,23,25)(H,26,27). The Bertz CT molecular complexity index is 956. The van der Waals surface area contributed by atoms with Gasteiger partial charge in [0.2, 0.25) is 5.91 Å². The Hall–Kier alpha value is -2.45. The summed E-state index contributed by atoms with van der Waals surface area (Å²) in [7, 11) is 0. The van der Waals surface area contributed by atoms with Gasteiger partial charge in [-0.1, -0.05) is 23.2 Å². The number of hydrogen-bond acceptors (Lipinski definition) is 3. The fourth-order valence-electron chi connectivity index (χ4n) is 2.94. The zero-order valence-corrected chi connectivity index (χ0v) is 14.8. The molecule has 0 spiro atoms. The normalized spacial score (nSPS) is 18.0. The van der Waals surface area contributed by atoms with Crippen LogP contribution in [0.2, 0.25) is 10.0 Å². The number of hydrogen-bond donors (Lipinski definition) is 3. The number of carboxylic acid groups (broad SMARTS) is 1. The number of halogens is 5. The van der Waals surface area contributed by atoms with Crippen molar-refractivity contribution >= 4 is 46.5 Å². The third-order valence-electron chi connectivity index (χ3n) is 4.17. The summed E-state index contributed by atoms with van der Waals surface area (Å²) in [6, 6.07) is 3.61. The quantitative estimate of drug-likeness (QED) is 0.642. The van der Waals surface area contributed by atoms with Gasteiger partial charge in [-0.25, -0.2) is 18.0 Å². The topological polar surface area (TPSA) is 78.4 Å². The molecule has 1 amide bonds. The molecule has 1 heterocycles. The van der Waals surface area contributed by atoms with Crippen LogP contribution in [-0.2, 0) is 9.59 Å². The van der Waals surface area contributed by atoms with E-state index < -0.39 is 53.4 Å². The van der Waals surface area contributed by atoms with Crippen molar-refractivity contribution in [2.45, 2.75) is 18.4 Å². The summed E-state index contributed by atoms with van der Waals surface area (Å²) in [4.78, 5) is 23.8. The number of rotatable bonds is 4. The minimum Gasteiger partial charge on any atom is -0.480 e. The Labute approximate surface area is 161 Å². The molecular formula is C17H11Cl2F3N2O3. The molecule has 0 saturated heterocycles. The predicted molar refractivity (Wildman–Crippen MR) is 93.8 cm³/mol. The number of benzene rings is 2. The fourth-order valence-corrected chi connectivity index (χ4v) is 3.23. The highest BCUT2D eigenvalue weighted by molar-refractivity contribution is 6.42. The maximum absolute atomic E-state index is 13.9. The van der Waals surface area contributed by atoms with Gasteiger partial charge in [-0.05, 0) is 29.8 Å². The molecule has 142 valence electrons. The van der Waals surface area contributed by atoms with Gasteiger partial charge >= 0.3 is 5.97 Å². The first-order valence-electron chi connectivity index (χ1n) is 7.60. The van der Waals surface area contributed by atoms with Crippen LogP contribution >= 0.6 is 23.2 Å². The summed E-state index contributed by atoms with van der Waals surface area (Å²) in [5, 5.41) is 14.6. The first-order valence-corrected chi connectivity index (χ1v) is 8.36. The van der Waals surface area contributed by atoms with Gasteiger partial charge in [-0.2, -0.15) is 0 Å². The number of aliphatic carboxylic acids is 1. The second-order valence-corrected chi connectivity index (χ2v) is 6.71. The number of nitrogens with one attached hydrogen (secondary N) is 2. The molecule has 1 aliphatic heterocycles. The van der Waals surface area contributed by atoms with E-state index in [1.807, 2.05) is 0 Å². The molecule has 3 N–H and O–H groups in total. The van der Waals surface area contributed by atoms with Crippen molar-refractivity contribution in [2.24, 2.45) is 0 Å². The van der Waals surface area contributed by atoms with Gasteiger partial charge in [0.1, 0.15) is 6.04 Å². The number of carbonyl (C=O) groups excluding carboxylic acids is 1. The molecule has 3 rings (SSSR count). The molecule has 1 aliphatic rings. The second kappa shape index (κ2) is 7.28. The van der Waals surface area contributed by atoms with Crippen LogP contribution in [0.25, 0.3) is 0 Å². The van der Waals surface area contributed by atoms with Gasteiger partial charge in [0.05, 0.1) is 15.7 Å². The van der Waals surface area contributed by atoms with Crippen LogP contribution in [0.4, 0.5) is 24.5 Å². The summed E-state index contributed by atoms with van der Waals surface area (Å²) in [5.74, 6) is -7.82. The average Bonchev–Trinajstić information content (AvgIpc) is 2.95. The highest BCUT2D eigenvalue weighted by Crippen LogP contribution is 2.41. The van der Waals surface area contributed by atoms with Crippen LogP contribution in [0.5, 0.6) is 0 Å². The van der Waals surface area contributed by atoms with E-state index in [1.54, 1.807) is 0 Å². The lowest BCUT2D eigenvalue weighted by Gasteiger charge is -2.16. The highest BCUT2D eigenvalue weighted by Gasteiger charge is 2.41. The number of carboxylic acids is 1. The third-order valence-corrected chi connectivity index (χ3v) is 4.91. The predicted octanol–water partition coefficient (Wildman–Crippen LogP) is 4.40. The smallest absolute Gasteiger partial charge is 0.326 e. The van der Waals surface area contributed by atoms with E-state index in [4.69, 9.17) is 23.2 Å². The molecule has 0 fully saturated rings. The second-order valence-electron chi connectivity index (χ2n) is 5.90. The fraction of sp³-hybridized carbons (Fsp3) is 0.176. The lowest BCUT2D eigenvalue weighted by atomic mass is 9.91. The lowest BCUT2D eigenvalue weighted by Crippen LogP contribution is -2.32. The van der Waals surface area contributed by atoms with Gasteiger partial charge in [-0.3, -0.25) is 4.79 Å². The number of fused-ring (bicyclic) bond motifs is 1. The first-order chi connectivity index (χ1) is 12.7. The molecule has 0 aromatic heterocycles. The SMILES string of the molecule is O=C(CC1c2cc(F)c(F)c(F)c2NC1C(=O)O)Nc1ccc(Cl)c(Cl)c1. The summed E-state index contributed by atoms with van der Waals surface area (Å²) in [6.45, 7) is 0. The Balaban J connectivity index is 1.87. The Morgan fingerprint density at radius 3 is 2.44 bits per heavy atom. The number of carbonyl (C=O) groups is 2. The molecule has 0 aliphatic carbocycles. The number of amides is 1. The van der Waals surface area contributed by atoms with E-state index in [0.717, 1.165) is 0 Å². The zero-order chi connectivity index (χ0) is 19.9. The Kier molecular flexibility index (Phi) is 5.21. The van der Waals surface area contributed by atoms with Gasteiger partial charge in [0, 0.05) is 18.0 Å². The highest BCUT2D eigenvalue weighted by atomic mass is 35.5. The van der Waals surface area contributed by atoms with Crippen molar-refractivity contribution in [3.05, 3.63) is 57.3 Å². The van der Waals surface area contributed by atoms with Gasteiger partial charge in [0.15, 0.2) is 17.5 Å². The molecule has 0 radical (unpaired) electrons. The van der Waals surface area contributed by atoms with E-state index in [0.29, 0.717) is 11.8 Å². The van der Waals surface area contributed by atoms with Crippen LogP contribution < -0.4 is 10.6 Å². The maximum Gasteiger partial charge on any atom is 0.326 e. The minimum atomic E-state index is -1.72. The summed E-state index contributed by atoms with van der Waals surface area (Å²) < 4.78 is 40.9. The molecule has 2 atom stereocenters. The maximum atomic E-state index is 13.9. The van der Waals surface area contributed by atoms with Gasteiger partial charge in [0.25, 0.3) is 0 Å². The number of anilines is 2. The summed E-state index contributed by atoms with van der Waals surface area (Å²) in [6.07, 6.45) is -0.415. The van der Waals surface area contributed by atoms with Crippen molar-refractivity contribution in [1.82, 2.24) is 0 Å². The molecule has 0 saturated carbocycles. The van der Waals surface area contributed by atoms with E-state index in [9.17, 15) is 27.9 Å². The molecule has 27 heavy (non-hydrogen) atoms. The monoisotopic (exact) mass is 418 g/mol. The Morgan fingerprint density at radius 2 is 1.81 bits per heavy atom. The van der Waals surface area contributed by atoms with Gasteiger partial charge < -0.3 is 15.7 Å². The molecule has 5 nitrogen and oxygen atoms in total. The Morgan fingerprint density at radius 1 is 1.11 bits per heavy atom. The lowest BCUT2D eigenvalue weighted by molar-refractivity contribution is -0.138. The first kappa shape index (κ1) is 19.3. The van der Waals surface area contributed by atoms with Gasteiger partial charge in [-0.15, -0.1) is 0 Å². The molecule has 10 heteroatoms. The minimum absolute atomic E-state index is 0.122. The molecule has 2 aromatic carbocycles. The average molecular weight is 419 g/mol. The van der Waals surface area contributed by atoms with E-state index in [-0.39, 0.29) is 15.6 Å². The van der Waals surface area contributed by atoms with Crippen molar-refractivity contribution in [3.8, 4) is 0 Å². The van der Waals surface area contributed by atoms with Crippen molar-refractivity contribution < 1.29 is 27.9 Å². The van der Waals surface area contributed by atoms with E-state index in [1.165, 1.54) is 18.2 Å². The van der Waals surface area contributed by atoms with Crippen LogP contribution in [0.1, 0.15) is 17.9 Å². The van der Waals surface area contributed by atoms with Crippen LogP contribution in [-0.4, -0.2) is 23.0 Å². The van der Waals surface area contributed by atoms with Crippen molar-refractivity contribution in [2.75, 3.05) is 10.6 Å². The molecule has 0 bridgehead atoms. The summed E-state index contributed by atoms with van der Waals surface area (Å²) >= 11 is 11.6. The van der Waals surface area contributed by atoms with Crippen LogP contribution in [0.3, 0.4) is 0 Å². The van der Waals surface area contributed by atoms with E-state index in [2.05, 4.69) is 10.6 Å². The molecule has 2 unspecified atom stereocenters. The third kappa shape index (κ3) is 3.68. The van der Waals surface area contributed by atoms with Crippen molar-refractivity contribution in [3.63, 3.8) is 0 Å². The van der Waals surface area contributed by atoms with Crippen LogP contribution in [0, 0.1) is 17.5 Å². The largest absolute Gasteiger partial charge is 0.480 e. The van der Waals surface area contributed by atoms with Crippen LogP contribution in [0.15, 0.2) is 24.3 Å². The van der Waals surface area contributed by atoms with Crippen molar-refractivity contribution in [1.29, 1.82) is 0 Å². The molecule has 2 aromatic rings. The summed E-state index contributed by atoms with van der Waals surface area (Å²) in [5.41, 5.74) is -0.277. The van der Waals surface area contributed by atoms with E-state index >= 15 is 0 Å². The molecular weight excluding hydrogens is 408 g/mol. The zero-order valence-electron chi connectivity index (χ0n) is 13.3.